The number of amides is 1. The minimum atomic E-state index is -2.39. The van der Waals surface area contributed by atoms with Crippen molar-refractivity contribution in [1.29, 1.82) is 0 Å². The second-order valence-electron chi connectivity index (χ2n) is 3.79. The first-order chi connectivity index (χ1) is 9.36. The third-order valence-electron chi connectivity index (χ3n) is 1.76. The third-order valence-corrected chi connectivity index (χ3v) is 2.67. The average molecular weight is 308 g/mol. The highest BCUT2D eigenvalue weighted by Gasteiger charge is 2.26. The van der Waals surface area contributed by atoms with E-state index in [4.69, 9.17) is 14.0 Å². The van der Waals surface area contributed by atoms with E-state index in [9.17, 15) is 14.2 Å². The normalized spacial score (nSPS) is 12.2. The maximum absolute atomic E-state index is 11.3. The lowest BCUT2D eigenvalue weighted by molar-refractivity contribution is -0.139. The van der Waals surface area contributed by atoms with Gasteiger partial charge in [-0.1, -0.05) is 11.7 Å². The van der Waals surface area contributed by atoms with Crippen LogP contribution in [-0.4, -0.2) is 45.1 Å². The van der Waals surface area contributed by atoms with Crippen molar-refractivity contribution < 1.29 is 32.9 Å². The lowest BCUT2D eigenvalue weighted by Crippen LogP contribution is -2.22. The number of carbonyl (C=O) groups excluding carboxylic acids is 2. The lowest BCUT2D eigenvalue weighted by atomic mass is 10.4. The van der Waals surface area contributed by atoms with Gasteiger partial charge in [-0.3, -0.25) is 0 Å². The smallest absolute Gasteiger partial charge is 0.459 e. The van der Waals surface area contributed by atoms with Crippen molar-refractivity contribution in [3.8, 4) is 0 Å². The molecule has 9 heteroatoms. The van der Waals surface area contributed by atoms with Crippen molar-refractivity contribution >= 4 is 20.2 Å². The molecule has 0 aromatic rings. The summed E-state index contributed by atoms with van der Waals surface area (Å²) in [5.41, 5.74) is 0.248. The number of nitrogens with one attached hydrogen (secondary N) is 1. The summed E-state index contributed by atoms with van der Waals surface area (Å²) >= 11 is 0. The van der Waals surface area contributed by atoms with Crippen LogP contribution in [0.1, 0.15) is 13.8 Å². The molecule has 0 aliphatic rings. The van der Waals surface area contributed by atoms with Crippen LogP contribution in [0.5, 0.6) is 0 Å². The van der Waals surface area contributed by atoms with Gasteiger partial charge in [-0.2, -0.15) is 0 Å². The van der Waals surface area contributed by atoms with Crippen LogP contribution in [-0.2, 0) is 28.1 Å². The van der Waals surface area contributed by atoms with Crippen molar-refractivity contribution in [2.24, 2.45) is 0 Å². The van der Waals surface area contributed by atoms with E-state index in [0.717, 1.165) is 0 Å². The van der Waals surface area contributed by atoms with Gasteiger partial charge in [0.15, 0.2) is 0 Å². The number of hydrogen-bond donors (Lipinski definition) is 1. The van der Waals surface area contributed by atoms with E-state index >= 15 is 0 Å². The summed E-state index contributed by atoms with van der Waals surface area (Å²) in [5, 5.41) is 1.99. The largest absolute Gasteiger partial charge is 0.649 e. The number of carbonyl (C=O) groups is 2. The Labute approximate surface area is 118 Å². The summed E-state index contributed by atoms with van der Waals surface area (Å²) in [6, 6.07) is 0. The Kier molecular flexibility index (Phi) is 9.53. The van der Waals surface area contributed by atoms with Gasteiger partial charge in [0.2, 0.25) is 0 Å². The monoisotopic (exact) mass is 308 g/mol. The molecular formula is C11H19NO7P+. The standard InChI is InChI=1S/C11H18NO7P/c1-8(2)10(13)17-5-6-18-11(14)12-20(15)19-9(3)7-16-4/h9H,1,5-7H2,2-4H3/p+1. The first-order valence-corrected chi connectivity index (χ1v) is 6.93. The van der Waals surface area contributed by atoms with Crippen molar-refractivity contribution in [2.45, 2.75) is 20.0 Å². The number of esters is 1. The van der Waals surface area contributed by atoms with Crippen molar-refractivity contribution in [3.63, 3.8) is 0 Å². The van der Waals surface area contributed by atoms with E-state index in [1.807, 2.05) is 5.09 Å². The van der Waals surface area contributed by atoms with E-state index in [1.165, 1.54) is 14.0 Å². The molecule has 0 spiro atoms. The minimum Gasteiger partial charge on any atom is -0.459 e. The molecule has 2 atom stereocenters. The van der Waals surface area contributed by atoms with Gasteiger partial charge in [0, 0.05) is 12.7 Å². The fourth-order valence-electron chi connectivity index (χ4n) is 0.954. The Balaban J connectivity index is 3.75. The highest BCUT2D eigenvalue weighted by Crippen LogP contribution is 2.19. The molecular weight excluding hydrogens is 289 g/mol. The summed E-state index contributed by atoms with van der Waals surface area (Å²) in [6.45, 7) is 6.49. The van der Waals surface area contributed by atoms with Gasteiger partial charge >= 0.3 is 20.2 Å². The van der Waals surface area contributed by atoms with Crippen LogP contribution in [0.15, 0.2) is 12.2 Å². The zero-order valence-electron chi connectivity index (χ0n) is 11.7. The van der Waals surface area contributed by atoms with Crippen molar-refractivity contribution in [2.75, 3.05) is 26.9 Å². The Bertz CT molecular complexity index is 372. The molecule has 0 fully saturated rings. The fraction of sp³-hybridized carbons (Fsp3) is 0.636. The number of rotatable bonds is 9. The van der Waals surface area contributed by atoms with Gasteiger partial charge in [0.25, 0.3) is 0 Å². The zero-order chi connectivity index (χ0) is 15.5. The first kappa shape index (κ1) is 18.5. The second-order valence-corrected chi connectivity index (χ2v) is 4.74. The highest BCUT2D eigenvalue weighted by molar-refractivity contribution is 7.37. The zero-order valence-corrected chi connectivity index (χ0v) is 12.6. The lowest BCUT2D eigenvalue weighted by Gasteiger charge is -2.04. The molecule has 0 rings (SSSR count). The Morgan fingerprint density at radius 1 is 1.30 bits per heavy atom. The molecule has 0 aromatic heterocycles. The summed E-state index contributed by atoms with van der Waals surface area (Å²) in [6.07, 6.45) is -1.36. The van der Waals surface area contributed by atoms with Crippen LogP contribution in [0.4, 0.5) is 4.79 Å². The van der Waals surface area contributed by atoms with Crippen LogP contribution in [0.25, 0.3) is 0 Å². The van der Waals surface area contributed by atoms with Crippen LogP contribution in [0, 0.1) is 0 Å². The predicted molar refractivity (Wildman–Crippen MR) is 70.3 cm³/mol. The van der Waals surface area contributed by atoms with E-state index < -0.39 is 26.3 Å². The van der Waals surface area contributed by atoms with Gasteiger partial charge < -0.3 is 14.2 Å². The van der Waals surface area contributed by atoms with Gasteiger partial charge in [0.05, 0.1) is 6.61 Å². The van der Waals surface area contributed by atoms with Gasteiger partial charge in [0.1, 0.15) is 19.3 Å². The Morgan fingerprint density at radius 3 is 2.45 bits per heavy atom. The summed E-state index contributed by atoms with van der Waals surface area (Å²) in [5.74, 6) is -0.572. The van der Waals surface area contributed by atoms with Crippen LogP contribution in [0.3, 0.4) is 0 Å². The van der Waals surface area contributed by atoms with Crippen LogP contribution >= 0.6 is 8.18 Å². The molecule has 0 radical (unpaired) electrons. The summed E-state index contributed by atoms with van der Waals surface area (Å²) in [7, 11) is -0.918. The number of hydrogen-bond acceptors (Lipinski definition) is 7. The Hall–Kier alpha value is -1.50. The molecule has 0 heterocycles. The topological polar surface area (TPSA) is 100 Å². The van der Waals surface area contributed by atoms with Crippen LogP contribution < -0.4 is 5.09 Å². The molecule has 1 N–H and O–H groups in total. The minimum absolute atomic E-state index is 0.114. The fourth-order valence-corrected chi connectivity index (χ4v) is 1.61. The molecule has 1 amide bonds. The summed E-state index contributed by atoms with van der Waals surface area (Å²) in [4.78, 5) is 22.2. The average Bonchev–Trinajstić information content (AvgIpc) is 2.33. The molecule has 0 bridgehead atoms. The highest BCUT2D eigenvalue weighted by atomic mass is 31.1. The van der Waals surface area contributed by atoms with E-state index in [1.54, 1.807) is 6.92 Å². The van der Waals surface area contributed by atoms with Crippen molar-refractivity contribution in [1.82, 2.24) is 5.09 Å². The number of ether oxygens (including phenoxy) is 3. The molecule has 2 unspecified atom stereocenters. The second kappa shape index (κ2) is 10.3. The first-order valence-electron chi connectivity index (χ1n) is 5.75. The molecule has 0 aromatic carbocycles. The molecule has 0 saturated heterocycles. The van der Waals surface area contributed by atoms with E-state index in [0.29, 0.717) is 0 Å². The van der Waals surface area contributed by atoms with Gasteiger partial charge in [-0.15, -0.1) is 4.52 Å². The predicted octanol–water partition coefficient (Wildman–Crippen LogP) is 1.54. The Morgan fingerprint density at radius 2 is 1.90 bits per heavy atom. The van der Waals surface area contributed by atoms with E-state index in [2.05, 4.69) is 11.3 Å². The quantitative estimate of drug-likeness (QED) is 0.298. The number of methoxy groups -OCH3 is 1. The third kappa shape index (κ3) is 9.43. The van der Waals surface area contributed by atoms with Gasteiger partial charge in [-0.05, 0) is 18.4 Å². The molecule has 20 heavy (non-hydrogen) atoms. The SMILES string of the molecule is C=C(C)C(=O)OCCOC(=O)N[P+](=O)OC(C)COC. The molecule has 114 valence electrons. The van der Waals surface area contributed by atoms with Crippen LogP contribution in [0.2, 0.25) is 0 Å². The molecule has 0 aliphatic heterocycles. The molecule has 0 aliphatic carbocycles. The summed E-state index contributed by atoms with van der Waals surface area (Å²) < 4.78 is 30.3. The molecule has 0 saturated carbocycles. The van der Waals surface area contributed by atoms with E-state index in [-0.39, 0.29) is 25.4 Å². The van der Waals surface area contributed by atoms with Crippen molar-refractivity contribution in [3.05, 3.63) is 12.2 Å². The maximum Gasteiger partial charge on any atom is 0.649 e. The van der Waals surface area contributed by atoms with Gasteiger partial charge in [-0.25, -0.2) is 9.59 Å². The maximum atomic E-state index is 11.3. The molecule has 8 nitrogen and oxygen atoms in total.